The molecule has 1 aromatic heterocycles. The minimum absolute atomic E-state index is 0.0922. The second-order valence-corrected chi connectivity index (χ2v) is 10.5. The first-order valence-corrected chi connectivity index (χ1v) is 11.4. The van der Waals surface area contributed by atoms with Crippen molar-refractivity contribution in [3.05, 3.63) is 51.7 Å². The summed E-state index contributed by atoms with van der Waals surface area (Å²) < 4.78 is 29.4. The molecule has 0 fully saturated rings. The Morgan fingerprint density at radius 2 is 1.89 bits per heavy atom. The summed E-state index contributed by atoms with van der Waals surface area (Å²) in [6.45, 7) is 3.72. The van der Waals surface area contributed by atoms with E-state index >= 15 is 0 Å². The molecular formula is C20H23NO5S2. The number of carbonyl (C=O) groups is 2. The van der Waals surface area contributed by atoms with Crippen molar-refractivity contribution >= 4 is 33.1 Å². The number of benzene rings is 1. The molecule has 1 aliphatic rings. The summed E-state index contributed by atoms with van der Waals surface area (Å²) in [5.74, 6) is -0.641. The van der Waals surface area contributed by atoms with Gasteiger partial charge in [-0.2, -0.15) is 0 Å². The number of methoxy groups -OCH3 is 1. The molecule has 8 heteroatoms. The number of thiophene rings is 1. The predicted octanol–water partition coefficient (Wildman–Crippen LogP) is 2.77. The van der Waals surface area contributed by atoms with Gasteiger partial charge in [-0.1, -0.05) is 12.1 Å². The van der Waals surface area contributed by atoms with Gasteiger partial charge in [0.25, 0.3) is 0 Å². The third-order valence-electron chi connectivity index (χ3n) is 4.94. The molecule has 2 aromatic rings. The lowest BCUT2D eigenvalue weighted by molar-refractivity contribution is -0.153. The summed E-state index contributed by atoms with van der Waals surface area (Å²) in [6.07, 6.45) is 0.798. The molecule has 1 amide bonds. The number of ether oxygens (including phenoxy) is 1. The van der Waals surface area contributed by atoms with E-state index in [0.717, 1.165) is 10.4 Å². The van der Waals surface area contributed by atoms with Crippen molar-refractivity contribution in [2.45, 2.75) is 42.9 Å². The lowest BCUT2D eigenvalue weighted by atomic mass is 9.99. The Balaban J connectivity index is 1.80. The highest BCUT2D eigenvalue weighted by atomic mass is 32.2. The maximum Gasteiger partial charge on any atom is 0.333 e. The van der Waals surface area contributed by atoms with Crippen molar-refractivity contribution in [1.29, 1.82) is 0 Å². The number of nitrogens with zero attached hydrogens (tertiary/aromatic N) is 1. The predicted molar refractivity (Wildman–Crippen MR) is 107 cm³/mol. The zero-order chi connectivity index (χ0) is 20.5. The summed E-state index contributed by atoms with van der Waals surface area (Å²) in [7, 11) is -2.03. The summed E-state index contributed by atoms with van der Waals surface area (Å²) >= 11 is 1.58. The number of fused-ring (bicyclic) bond motifs is 1. The van der Waals surface area contributed by atoms with Crippen molar-refractivity contribution in [1.82, 2.24) is 4.90 Å². The third-order valence-corrected chi connectivity index (χ3v) is 8.11. The molecule has 0 spiro atoms. The summed E-state index contributed by atoms with van der Waals surface area (Å²) in [5, 5.41) is 1.41. The Hall–Kier alpha value is -2.19. The molecule has 3 rings (SSSR count). The molecule has 1 unspecified atom stereocenters. The highest BCUT2D eigenvalue weighted by Crippen LogP contribution is 2.34. The van der Waals surface area contributed by atoms with Crippen LogP contribution in [0.4, 0.5) is 0 Å². The van der Waals surface area contributed by atoms with E-state index in [1.54, 1.807) is 42.2 Å². The molecule has 0 radical (unpaired) electrons. The SMILES string of the molecule is COC(=O)C1c2ccsc2CCN1C(=O)Cc1ccc(S(=O)(=O)C(C)C)cc1. The van der Waals surface area contributed by atoms with Crippen LogP contribution in [0.5, 0.6) is 0 Å². The Kier molecular flexibility index (Phi) is 5.90. The van der Waals surface area contributed by atoms with Crippen LogP contribution < -0.4 is 0 Å². The fraction of sp³-hybridized carbons (Fsp3) is 0.400. The van der Waals surface area contributed by atoms with Crippen LogP contribution in [-0.2, 0) is 37.0 Å². The fourth-order valence-electron chi connectivity index (χ4n) is 3.30. The number of amides is 1. The van der Waals surface area contributed by atoms with Crippen LogP contribution >= 0.6 is 11.3 Å². The zero-order valence-electron chi connectivity index (χ0n) is 16.0. The minimum Gasteiger partial charge on any atom is -0.467 e. The zero-order valence-corrected chi connectivity index (χ0v) is 17.7. The first-order chi connectivity index (χ1) is 13.3. The normalized spacial score (nSPS) is 16.7. The molecule has 150 valence electrons. The van der Waals surface area contributed by atoms with Gasteiger partial charge in [0, 0.05) is 11.4 Å². The van der Waals surface area contributed by atoms with Gasteiger partial charge in [-0.15, -0.1) is 11.3 Å². The third kappa shape index (κ3) is 3.84. The van der Waals surface area contributed by atoms with Crippen molar-refractivity contribution in [3.8, 4) is 0 Å². The van der Waals surface area contributed by atoms with Crippen molar-refractivity contribution in [2.75, 3.05) is 13.7 Å². The summed E-state index contributed by atoms with van der Waals surface area (Å²) in [4.78, 5) is 28.2. The highest BCUT2D eigenvalue weighted by molar-refractivity contribution is 7.92. The van der Waals surface area contributed by atoms with Gasteiger partial charge in [0.15, 0.2) is 15.9 Å². The number of sulfone groups is 1. The molecule has 1 aromatic carbocycles. The number of hydrogen-bond acceptors (Lipinski definition) is 6. The largest absolute Gasteiger partial charge is 0.467 e. The molecule has 1 aliphatic heterocycles. The molecule has 0 saturated carbocycles. The highest BCUT2D eigenvalue weighted by Gasteiger charge is 2.37. The number of hydrogen-bond donors (Lipinski definition) is 0. The Bertz CT molecular complexity index is 976. The molecule has 0 saturated heterocycles. The van der Waals surface area contributed by atoms with Crippen LogP contribution in [-0.4, -0.2) is 44.1 Å². The second kappa shape index (κ2) is 8.05. The Morgan fingerprint density at radius 1 is 1.21 bits per heavy atom. The smallest absolute Gasteiger partial charge is 0.333 e. The maximum absolute atomic E-state index is 12.9. The first-order valence-electron chi connectivity index (χ1n) is 9.02. The molecule has 0 bridgehead atoms. The Morgan fingerprint density at radius 3 is 2.50 bits per heavy atom. The van der Waals surface area contributed by atoms with E-state index in [4.69, 9.17) is 4.74 Å². The average molecular weight is 422 g/mol. The van der Waals surface area contributed by atoms with Gasteiger partial charge in [-0.3, -0.25) is 4.79 Å². The number of esters is 1. The molecule has 0 aliphatic carbocycles. The van der Waals surface area contributed by atoms with E-state index < -0.39 is 27.1 Å². The van der Waals surface area contributed by atoms with Crippen LogP contribution in [0.25, 0.3) is 0 Å². The van der Waals surface area contributed by atoms with Crippen LogP contribution in [0, 0.1) is 0 Å². The van der Waals surface area contributed by atoms with E-state index in [9.17, 15) is 18.0 Å². The topological polar surface area (TPSA) is 80.8 Å². The summed E-state index contributed by atoms with van der Waals surface area (Å²) in [5.41, 5.74) is 1.53. The van der Waals surface area contributed by atoms with Gasteiger partial charge in [0.2, 0.25) is 5.91 Å². The lowest BCUT2D eigenvalue weighted by Crippen LogP contribution is -2.44. The van der Waals surface area contributed by atoms with Crippen molar-refractivity contribution in [3.63, 3.8) is 0 Å². The molecule has 2 heterocycles. The maximum atomic E-state index is 12.9. The van der Waals surface area contributed by atoms with Crippen LogP contribution in [0.15, 0.2) is 40.6 Å². The van der Waals surface area contributed by atoms with Gasteiger partial charge >= 0.3 is 5.97 Å². The van der Waals surface area contributed by atoms with Crippen molar-refractivity contribution < 1.29 is 22.7 Å². The average Bonchev–Trinajstić information content (AvgIpc) is 3.15. The van der Waals surface area contributed by atoms with Crippen LogP contribution in [0.2, 0.25) is 0 Å². The lowest BCUT2D eigenvalue weighted by Gasteiger charge is -2.34. The number of rotatable bonds is 5. The summed E-state index contributed by atoms with van der Waals surface area (Å²) in [6, 6.07) is 7.51. The van der Waals surface area contributed by atoms with Crippen LogP contribution in [0.1, 0.15) is 35.9 Å². The standard InChI is InChI=1S/C20H23NO5S2/c1-13(2)28(24,25)15-6-4-14(5-7-15)12-18(22)21-10-8-17-16(9-11-27-17)19(21)20(23)26-3/h4-7,9,11,13,19H,8,10,12H2,1-3H3. The van der Waals surface area contributed by atoms with Gasteiger partial charge in [0.1, 0.15) is 0 Å². The molecule has 28 heavy (non-hydrogen) atoms. The molecule has 1 atom stereocenters. The first kappa shape index (κ1) is 20.5. The Labute approximate surface area is 169 Å². The fourth-order valence-corrected chi connectivity index (χ4v) is 5.26. The van der Waals surface area contributed by atoms with Gasteiger partial charge < -0.3 is 9.64 Å². The second-order valence-electron chi connectivity index (χ2n) is 6.98. The van der Waals surface area contributed by atoms with E-state index in [1.807, 2.05) is 11.4 Å². The molecule has 0 N–H and O–H groups in total. The molecular weight excluding hydrogens is 398 g/mol. The van der Waals surface area contributed by atoms with Crippen LogP contribution in [0.3, 0.4) is 0 Å². The number of carbonyl (C=O) groups excluding carboxylic acids is 2. The van der Waals surface area contributed by atoms with Gasteiger partial charge in [0.05, 0.1) is 23.7 Å². The van der Waals surface area contributed by atoms with E-state index in [0.29, 0.717) is 18.5 Å². The quantitative estimate of drug-likeness (QED) is 0.694. The van der Waals surface area contributed by atoms with E-state index in [1.165, 1.54) is 19.2 Å². The van der Waals surface area contributed by atoms with Gasteiger partial charge in [-0.05, 0) is 55.0 Å². The van der Waals surface area contributed by atoms with E-state index in [-0.39, 0.29) is 17.2 Å². The monoisotopic (exact) mass is 421 g/mol. The minimum atomic E-state index is -3.35. The van der Waals surface area contributed by atoms with E-state index in [2.05, 4.69) is 0 Å². The van der Waals surface area contributed by atoms with Crippen molar-refractivity contribution in [2.24, 2.45) is 0 Å². The van der Waals surface area contributed by atoms with Gasteiger partial charge in [-0.25, -0.2) is 13.2 Å². The molecule has 6 nitrogen and oxygen atoms in total.